The molecule has 18 heavy (non-hydrogen) atoms. The van der Waals surface area contributed by atoms with Gasteiger partial charge in [-0.15, -0.1) is 0 Å². The van der Waals surface area contributed by atoms with Gasteiger partial charge in [0.15, 0.2) is 0 Å². The zero-order valence-electron chi connectivity index (χ0n) is 9.77. The minimum Gasteiger partial charge on any atom is -0.469 e. The summed E-state index contributed by atoms with van der Waals surface area (Å²) in [7, 11) is 0. The second kappa shape index (κ2) is 5.01. The molecule has 5 heteroatoms. The molecule has 0 unspecified atom stereocenters. The van der Waals surface area contributed by atoms with Gasteiger partial charge in [0.1, 0.15) is 10.7 Å². The third-order valence-corrected chi connectivity index (χ3v) is 2.77. The van der Waals surface area contributed by atoms with Gasteiger partial charge in [-0.3, -0.25) is 4.79 Å². The van der Waals surface area contributed by atoms with E-state index in [0.717, 1.165) is 5.56 Å². The summed E-state index contributed by atoms with van der Waals surface area (Å²) in [5.74, 6) is 0.386. The van der Waals surface area contributed by atoms with Gasteiger partial charge in [0, 0.05) is 11.3 Å². The summed E-state index contributed by atoms with van der Waals surface area (Å²) in [5.41, 5.74) is 7.46. The van der Waals surface area contributed by atoms with Crippen LogP contribution in [0.1, 0.15) is 21.7 Å². The van der Waals surface area contributed by atoms with Crippen LogP contribution in [0, 0.1) is 6.92 Å². The maximum absolute atomic E-state index is 11.9. The van der Waals surface area contributed by atoms with E-state index < -0.39 is 0 Å². The number of aryl methyl sites for hydroxylation is 1. The van der Waals surface area contributed by atoms with Crippen LogP contribution in [0.25, 0.3) is 0 Å². The van der Waals surface area contributed by atoms with E-state index in [4.69, 9.17) is 22.4 Å². The number of nitrogens with one attached hydrogen (secondary N) is 1. The van der Waals surface area contributed by atoms with Crippen molar-refractivity contribution >= 4 is 28.8 Å². The van der Waals surface area contributed by atoms with Crippen LogP contribution in [0.5, 0.6) is 0 Å². The Bertz CT molecular complexity index is 587. The molecule has 2 rings (SSSR count). The largest absolute Gasteiger partial charge is 0.469 e. The molecule has 0 aliphatic rings. The lowest BCUT2D eigenvalue weighted by Crippen LogP contribution is -2.13. The van der Waals surface area contributed by atoms with Gasteiger partial charge in [0.05, 0.1) is 11.8 Å². The zero-order valence-corrected chi connectivity index (χ0v) is 10.6. The fraction of sp³-hybridized carbons (Fsp3) is 0.0769. The van der Waals surface area contributed by atoms with E-state index in [1.807, 2.05) is 0 Å². The molecular weight excluding hydrogens is 248 g/mol. The molecule has 1 aromatic carbocycles. The Labute approximate surface area is 110 Å². The Kier molecular flexibility index (Phi) is 3.43. The molecule has 0 fully saturated rings. The van der Waals surface area contributed by atoms with E-state index in [0.29, 0.717) is 22.0 Å². The summed E-state index contributed by atoms with van der Waals surface area (Å²) >= 11 is 4.85. The van der Waals surface area contributed by atoms with Gasteiger partial charge in [-0.1, -0.05) is 12.2 Å². The van der Waals surface area contributed by atoms with Crippen molar-refractivity contribution in [2.24, 2.45) is 5.73 Å². The second-order valence-corrected chi connectivity index (χ2v) is 4.23. The maximum atomic E-state index is 11.9. The predicted molar refractivity (Wildman–Crippen MR) is 73.7 cm³/mol. The van der Waals surface area contributed by atoms with Crippen LogP contribution in [0.3, 0.4) is 0 Å². The summed E-state index contributed by atoms with van der Waals surface area (Å²) in [4.78, 5) is 12.2. The second-order valence-electron chi connectivity index (χ2n) is 3.79. The van der Waals surface area contributed by atoms with Crippen LogP contribution in [-0.2, 0) is 0 Å². The summed E-state index contributed by atoms with van der Waals surface area (Å²) in [5, 5.41) is 2.77. The highest BCUT2D eigenvalue weighted by Crippen LogP contribution is 2.14. The number of benzene rings is 1. The number of hydrogen-bond donors (Lipinski definition) is 2. The van der Waals surface area contributed by atoms with Crippen LogP contribution in [0.4, 0.5) is 5.69 Å². The molecular formula is C13H12N2O2S. The number of rotatable bonds is 3. The lowest BCUT2D eigenvalue weighted by Gasteiger charge is -2.05. The number of anilines is 1. The first-order valence-corrected chi connectivity index (χ1v) is 5.74. The molecule has 3 N–H and O–H groups in total. The monoisotopic (exact) mass is 260 g/mol. The molecule has 2 aromatic rings. The molecule has 1 heterocycles. The first-order chi connectivity index (χ1) is 8.58. The molecule has 0 saturated carbocycles. The van der Waals surface area contributed by atoms with E-state index in [2.05, 4.69) is 5.32 Å². The van der Waals surface area contributed by atoms with E-state index >= 15 is 0 Å². The third-order valence-electron chi connectivity index (χ3n) is 2.53. The van der Waals surface area contributed by atoms with Crippen LogP contribution < -0.4 is 11.1 Å². The van der Waals surface area contributed by atoms with Gasteiger partial charge >= 0.3 is 0 Å². The van der Waals surface area contributed by atoms with Crippen molar-refractivity contribution in [1.29, 1.82) is 0 Å². The number of nitrogens with two attached hydrogens (primary N) is 1. The number of hydrogen-bond acceptors (Lipinski definition) is 3. The Morgan fingerprint density at radius 1 is 1.28 bits per heavy atom. The molecule has 1 amide bonds. The normalized spacial score (nSPS) is 10.1. The molecule has 0 aliphatic carbocycles. The number of carbonyl (C=O) groups is 1. The fourth-order valence-corrected chi connectivity index (χ4v) is 1.67. The summed E-state index contributed by atoms with van der Waals surface area (Å²) < 4.78 is 5.08. The van der Waals surface area contributed by atoms with Crippen molar-refractivity contribution in [2.75, 3.05) is 5.32 Å². The van der Waals surface area contributed by atoms with Crippen molar-refractivity contribution in [1.82, 2.24) is 0 Å². The highest BCUT2D eigenvalue weighted by molar-refractivity contribution is 7.80. The molecule has 4 nitrogen and oxygen atoms in total. The van der Waals surface area contributed by atoms with Crippen molar-refractivity contribution in [3.05, 3.63) is 53.5 Å². The van der Waals surface area contributed by atoms with Gasteiger partial charge in [0.2, 0.25) is 0 Å². The molecule has 0 atom stereocenters. The number of thiocarbonyl (C=S) groups is 1. The molecule has 0 saturated heterocycles. The predicted octanol–water partition coefficient (Wildman–Crippen LogP) is 2.47. The summed E-state index contributed by atoms with van der Waals surface area (Å²) in [6.07, 6.45) is 1.49. The summed E-state index contributed by atoms with van der Waals surface area (Å²) in [6.45, 7) is 1.74. The number of carbonyl (C=O) groups excluding carboxylic acids is 1. The Balaban J connectivity index is 2.13. The first-order valence-electron chi connectivity index (χ1n) is 5.33. The lowest BCUT2D eigenvalue weighted by molar-refractivity contribution is 0.102. The summed E-state index contributed by atoms with van der Waals surface area (Å²) in [6, 6.07) is 8.66. The van der Waals surface area contributed by atoms with Crippen molar-refractivity contribution in [3.8, 4) is 0 Å². The zero-order chi connectivity index (χ0) is 13.1. The SMILES string of the molecule is Cc1occc1C(=O)Nc1ccc(C(N)=S)cc1. The fourth-order valence-electron chi connectivity index (χ4n) is 1.54. The number of furan rings is 1. The Morgan fingerprint density at radius 3 is 2.44 bits per heavy atom. The quantitative estimate of drug-likeness (QED) is 0.832. The van der Waals surface area contributed by atoms with E-state index in [1.54, 1.807) is 37.3 Å². The van der Waals surface area contributed by atoms with Crippen LogP contribution in [-0.4, -0.2) is 10.9 Å². The topological polar surface area (TPSA) is 68.3 Å². The van der Waals surface area contributed by atoms with Crippen LogP contribution >= 0.6 is 12.2 Å². The van der Waals surface area contributed by atoms with Crippen LogP contribution in [0.2, 0.25) is 0 Å². The minimum absolute atomic E-state index is 0.204. The highest BCUT2D eigenvalue weighted by atomic mass is 32.1. The lowest BCUT2D eigenvalue weighted by atomic mass is 10.2. The minimum atomic E-state index is -0.204. The molecule has 0 bridgehead atoms. The first kappa shape index (κ1) is 12.3. The molecule has 92 valence electrons. The molecule has 0 aliphatic heterocycles. The van der Waals surface area contributed by atoms with Gasteiger partial charge < -0.3 is 15.5 Å². The van der Waals surface area contributed by atoms with Gasteiger partial charge in [0.25, 0.3) is 5.91 Å². The van der Waals surface area contributed by atoms with Crippen molar-refractivity contribution in [3.63, 3.8) is 0 Å². The Morgan fingerprint density at radius 2 is 1.94 bits per heavy atom. The van der Waals surface area contributed by atoms with E-state index in [-0.39, 0.29) is 5.91 Å². The van der Waals surface area contributed by atoms with E-state index in [9.17, 15) is 4.79 Å². The average Bonchev–Trinajstić information content (AvgIpc) is 2.76. The maximum Gasteiger partial charge on any atom is 0.259 e. The van der Waals surface area contributed by atoms with Gasteiger partial charge in [-0.25, -0.2) is 0 Å². The molecule has 0 radical (unpaired) electrons. The van der Waals surface area contributed by atoms with Crippen LogP contribution in [0.15, 0.2) is 41.0 Å². The molecule has 1 aromatic heterocycles. The van der Waals surface area contributed by atoms with E-state index in [1.165, 1.54) is 6.26 Å². The average molecular weight is 260 g/mol. The highest BCUT2D eigenvalue weighted by Gasteiger charge is 2.11. The third kappa shape index (κ3) is 2.57. The van der Waals surface area contributed by atoms with Crippen molar-refractivity contribution < 1.29 is 9.21 Å². The number of amides is 1. The van der Waals surface area contributed by atoms with Crippen molar-refractivity contribution in [2.45, 2.75) is 6.92 Å². The van der Waals surface area contributed by atoms with Gasteiger partial charge in [-0.2, -0.15) is 0 Å². The van der Waals surface area contributed by atoms with Gasteiger partial charge in [-0.05, 0) is 37.3 Å². The standard InChI is InChI=1S/C13H12N2O2S/c1-8-11(6-7-17-8)13(16)15-10-4-2-9(3-5-10)12(14)18/h2-7H,1H3,(H2,14,18)(H,15,16). The Hall–Kier alpha value is -2.14. The smallest absolute Gasteiger partial charge is 0.259 e. The molecule has 0 spiro atoms.